The molecule has 0 radical (unpaired) electrons. The Morgan fingerprint density at radius 2 is 1.70 bits per heavy atom. The van der Waals surface area contributed by atoms with Gasteiger partial charge >= 0.3 is 11.9 Å². The number of aromatic nitrogens is 4. The van der Waals surface area contributed by atoms with Crippen LogP contribution in [0.4, 0.5) is 17.5 Å². The highest BCUT2D eigenvalue weighted by Crippen LogP contribution is 2.26. The number of hydrogen-bond acceptors (Lipinski definition) is 13. The van der Waals surface area contributed by atoms with Crippen LogP contribution in [0.15, 0.2) is 41.0 Å². The van der Waals surface area contributed by atoms with Gasteiger partial charge in [0.15, 0.2) is 22.5 Å². The van der Waals surface area contributed by atoms with Crippen LogP contribution in [-0.4, -0.2) is 58.5 Å². The minimum absolute atomic E-state index is 0.00427. The lowest BCUT2D eigenvalue weighted by molar-refractivity contribution is -0.150. The number of nitrogen functional groups attached to an aromatic ring is 2. The topological polar surface area (TPSA) is 261 Å². The van der Waals surface area contributed by atoms with Gasteiger partial charge in [-0.15, -0.1) is 9.81 Å². The second-order valence-electron chi connectivity index (χ2n) is 7.86. The van der Waals surface area contributed by atoms with Crippen LogP contribution in [0, 0.1) is 9.81 Å². The molecule has 2 heterocycles. The van der Waals surface area contributed by atoms with Crippen molar-refractivity contribution in [3.63, 3.8) is 0 Å². The fourth-order valence-corrected chi connectivity index (χ4v) is 3.28. The molecule has 0 saturated carbocycles. The van der Waals surface area contributed by atoms with Gasteiger partial charge in [-0.1, -0.05) is 0 Å². The molecule has 0 spiro atoms. The predicted octanol–water partition coefficient (Wildman–Crippen LogP) is 1.10. The van der Waals surface area contributed by atoms with Gasteiger partial charge in [0.25, 0.3) is 5.91 Å². The van der Waals surface area contributed by atoms with Crippen molar-refractivity contribution in [2.45, 2.75) is 31.8 Å². The van der Waals surface area contributed by atoms with Gasteiger partial charge in [0.2, 0.25) is 5.95 Å². The lowest BCUT2D eigenvalue weighted by atomic mass is 9.94. The van der Waals surface area contributed by atoms with Crippen molar-refractivity contribution in [2.75, 3.05) is 16.5 Å². The number of carbonyl (C=O) groups excluding carboxylic acids is 1. The maximum absolute atomic E-state index is 12.9. The summed E-state index contributed by atoms with van der Waals surface area (Å²) in [6.07, 6.45) is 0.149. The monoisotopic (exact) mass is 512 g/mol. The van der Waals surface area contributed by atoms with E-state index in [4.69, 9.17) is 16.6 Å². The summed E-state index contributed by atoms with van der Waals surface area (Å²) in [6, 6.07) is 5.07. The largest absolute Gasteiger partial charge is 0.481 e. The molecular formula is C20H20N10O7. The van der Waals surface area contributed by atoms with Gasteiger partial charge in [-0.25, -0.2) is 19.8 Å². The first-order chi connectivity index (χ1) is 17.5. The normalized spacial score (nSPS) is 12.4. The van der Waals surface area contributed by atoms with Crippen molar-refractivity contribution >= 4 is 46.5 Å². The van der Waals surface area contributed by atoms with Crippen molar-refractivity contribution in [3.8, 4) is 0 Å². The van der Waals surface area contributed by atoms with Crippen LogP contribution in [0.5, 0.6) is 0 Å². The van der Waals surface area contributed by atoms with Crippen molar-refractivity contribution in [1.29, 1.82) is 0 Å². The highest BCUT2D eigenvalue weighted by molar-refractivity contribution is 5.98. The molecule has 37 heavy (non-hydrogen) atoms. The number of amides is 1. The third-order valence-electron chi connectivity index (χ3n) is 5.35. The standard InChI is InChI=1S/C20H20N10O7/c1-20(18(34)35,7-6-13(31)32)30(28-37)17(33)10-2-4-12(5-3-10)29(27-36)9-11-8-23-16-14(24-11)15(21)25-19(22)26-16/h2-5,8H,6-7,9H2,1H3,(H,31,32)(H,34,35)(H4,21,22,23,25,26)/t20-/m0/s1. The molecule has 6 N–H and O–H groups in total. The predicted molar refractivity (Wildman–Crippen MR) is 127 cm³/mol. The number of hydrogen-bond donors (Lipinski definition) is 4. The van der Waals surface area contributed by atoms with Crippen molar-refractivity contribution in [2.24, 2.45) is 10.6 Å². The number of anilines is 3. The first kappa shape index (κ1) is 26.3. The first-order valence-electron chi connectivity index (χ1n) is 10.4. The lowest BCUT2D eigenvalue weighted by Gasteiger charge is -2.31. The fraction of sp³-hybridized carbons (Fsp3) is 0.250. The number of benzene rings is 1. The SMILES string of the molecule is C[C@](CCC(=O)O)(C(=O)O)N(N=O)C(=O)c1ccc(N(Cc2cnc3nc(N)nc(N)c3n2)N=O)cc1. The van der Waals surface area contributed by atoms with E-state index in [0.29, 0.717) is 0 Å². The van der Waals surface area contributed by atoms with Gasteiger partial charge in [0, 0.05) is 12.0 Å². The number of aliphatic carboxylic acids is 2. The van der Waals surface area contributed by atoms with Crippen LogP contribution >= 0.6 is 0 Å². The molecule has 2 aromatic heterocycles. The van der Waals surface area contributed by atoms with Crippen LogP contribution in [-0.2, 0) is 16.1 Å². The average Bonchev–Trinajstić information content (AvgIpc) is 2.86. The maximum Gasteiger partial charge on any atom is 0.331 e. The van der Waals surface area contributed by atoms with Gasteiger partial charge < -0.3 is 21.7 Å². The van der Waals surface area contributed by atoms with Gasteiger partial charge in [0.05, 0.1) is 34.7 Å². The summed E-state index contributed by atoms with van der Waals surface area (Å²) in [5.74, 6) is -4.09. The van der Waals surface area contributed by atoms with Gasteiger partial charge in [-0.05, 0) is 37.6 Å². The number of carboxylic acid groups (broad SMARTS) is 2. The summed E-state index contributed by atoms with van der Waals surface area (Å²) in [5, 5.41) is 25.1. The molecule has 1 aromatic carbocycles. The number of carboxylic acids is 2. The van der Waals surface area contributed by atoms with Gasteiger partial charge in [0.1, 0.15) is 0 Å². The Morgan fingerprint density at radius 1 is 1.03 bits per heavy atom. The van der Waals surface area contributed by atoms with Crippen molar-refractivity contribution < 1.29 is 24.6 Å². The van der Waals surface area contributed by atoms with E-state index in [1.807, 2.05) is 0 Å². The highest BCUT2D eigenvalue weighted by atomic mass is 16.4. The van der Waals surface area contributed by atoms with E-state index in [1.165, 1.54) is 30.5 Å². The fourth-order valence-electron chi connectivity index (χ4n) is 3.28. The van der Waals surface area contributed by atoms with Crippen molar-refractivity contribution in [1.82, 2.24) is 24.9 Å². The molecule has 0 unspecified atom stereocenters. The van der Waals surface area contributed by atoms with Crippen LogP contribution < -0.4 is 16.5 Å². The number of nitrogens with two attached hydrogens (primary N) is 2. The quantitative estimate of drug-likeness (QED) is 0.207. The zero-order chi connectivity index (χ0) is 27.3. The number of nitroso groups, excluding NO2 is 2. The maximum atomic E-state index is 12.9. The Kier molecular flexibility index (Phi) is 7.45. The van der Waals surface area contributed by atoms with E-state index in [-0.39, 0.29) is 51.4 Å². The third-order valence-corrected chi connectivity index (χ3v) is 5.35. The van der Waals surface area contributed by atoms with Crippen LogP contribution in [0.25, 0.3) is 11.2 Å². The highest BCUT2D eigenvalue weighted by Gasteiger charge is 2.44. The zero-order valence-electron chi connectivity index (χ0n) is 19.2. The molecule has 17 heteroatoms. The average molecular weight is 512 g/mol. The molecule has 192 valence electrons. The Labute approximate surface area is 207 Å². The number of rotatable bonds is 11. The van der Waals surface area contributed by atoms with E-state index in [9.17, 15) is 29.3 Å². The van der Waals surface area contributed by atoms with Crippen LogP contribution in [0.3, 0.4) is 0 Å². The first-order valence-corrected chi connectivity index (χ1v) is 10.4. The molecule has 3 rings (SSSR count). The summed E-state index contributed by atoms with van der Waals surface area (Å²) in [4.78, 5) is 74.6. The Balaban J connectivity index is 1.83. The van der Waals surface area contributed by atoms with E-state index >= 15 is 0 Å². The molecule has 0 aliphatic heterocycles. The smallest absolute Gasteiger partial charge is 0.331 e. The summed E-state index contributed by atoms with van der Waals surface area (Å²) in [5.41, 5.74) is 9.79. The second-order valence-corrected chi connectivity index (χ2v) is 7.86. The number of nitrogens with zero attached hydrogens (tertiary/aromatic N) is 8. The van der Waals surface area contributed by atoms with E-state index < -0.39 is 36.2 Å². The van der Waals surface area contributed by atoms with E-state index in [0.717, 1.165) is 11.9 Å². The molecule has 0 bridgehead atoms. The van der Waals surface area contributed by atoms with Gasteiger partial charge in [-0.3, -0.25) is 9.59 Å². The number of carbonyl (C=O) groups is 3. The Hall–Kier alpha value is -5.35. The summed E-state index contributed by atoms with van der Waals surface area (Å²) in [6.45, 7) is 0.860. The Morgan fingerprint density at radius 3 is 2.27 bits per heavy atom. The molecule has 17 nitrogen and oxygen atoms in total. The summed E-state index contributed by atoms with van der Waals surface area (Å²) >= 11 is 0. The lowest BCUT2D eigenvalue weighted by Crippen LogP contribution is -2.52. The molecule has 3 aromatic rings. The van der Waals surface area contributed by atoms with Crippen LogP contribution in [0.2, 0.25) is 0 Å². The minimum Gasteiger partial charge on any atom is -0.481 e. The van der Waals surface area contributed by atoms with E-state index in [1.54, 1.807) is 0 Å². The molecule has 1 amide bonds. The van der Waals surface area contributed by atoms with Crippen LogP contribution in [0.1, 0.15) is 35.8 Å². The summed E-state index contributed by atoms with van der Waals surface area (Å²) < 4.78 is 0. The molecule has 0 aliphatic carbocycles. The summed E-state index contributed by atoms with van der Waals surface area (Å²) in [7, 11) is 0. The van der Waals surface area contributed by atoms with Crippen molar-refractivity contribution in [3.05, 3.63) is 51.5 Å². The third kappa shape index (κ3) is 5.50. The minimum atomic E-state index is -2.21. The van der Waals surface area contributed by atoms with Gasteiger partial charge in [-0.2, -0.15) is 15.0 Å². The molecular weight excluding hydrogens is 492 g/mol. The molecule has 0 saturated heterocycles. The second kappa shape index (κ2) is 10.5. The molecule has 0 aliphatic rings. The molecule has 0 fully saturated rings. The number of fused-ring (bicyclic) bond motifs is 1. The Bertz CT molecular complexity index is 1380. The zero-order valence-corrected chi connectivity index (χ0v) is 19.2. The molecule has 1 atom stereocenters. The van der Waals surface area contributed by atoms with E-state index in [2.05, 4.69) is 30.5 Å².